The van der Waals surface area contributed by atoms with Gasteiger partial charge in [-0.05, 0) is 38.3 Å². The minimum atomic E-state index is -1.23. The normalized spacial score (nSPS) is 13.2. The van der Waals surface area contributed by atoms with E-state index in [-0.39, 0.29) is 30.9 Å². The summed E-state index contributed by atoms with van der Waals surface area (Å²) in [5.74, 6) is -1.67. The maximum atomic E-state index is 12.3. The highest BCUT2D eigenvalue weighted by atomic mass is 16.5. The Morgan fingerprint density at radius 1 is 1.39 bits per heavy atom. The van der Waals surface area contributed by atoms with Gasteiger partial charge in [-0.15, -0.1) is 0 Å². The molecule has 23 heavy (non-hydrogen) atoms. The fraction of sp³-hybridized carbons (Fsp3) is 0.529. The molecule has 0 saturated heterocycles. The monoisotopic (exact) mass is 320 g/mol. The third-order valence-corrected chi connectivity index (χ3v) is 3.66. The van der Waals surface area contributed by atoms with Crippen LogP contribution < -0.4 is 0 Å². The molecule has 0 aliphatic heterocycles. The summed E-state index contributed by atoms with van der Waals surface area (Å²) < 4.78 is 4.96. The van der Waals surface area contributed by atoms with Crippen LogP contribution in [-0.4, -0.2) is 40.3 Å². The number of esters is 1. The number of hydrogen-bond donors (Lipinski definition) is 2. The summed E-state index contributed by atoms with van der Waals surface area (Å²) in [6.45, 7) is 5.39. The molecule has 2 N–H and O–H groups in total. The van der Waals surface area contributed by atoms with Crippen LogP contribution in [0.5, 0.6) is 0 Å². The van der Waals surface area contributed by atoms with Gasteiger partial charge in [-0.2, -0.15) is 0 Å². The summed E-state index contributed by atoms with van der Waals surface area (Å²) in [4.78, 5) is 28.3. The quantitative estimate of drug-likeness (QED) is 0.413. The first kappa shape index (κ1) is 19.0. The molecule has 2 atom stereocenters. The molecular weight excluding hydrogens is 296 g/mol. The molecule has 6 nitrogen and oxygen atoms in total. The fourth-order valence-electron chi connectivity index (χ4n) is 2.29. The van der Waals surface area contributed by atoms with E-state index in [2.05, 4.69) is 4.98 Å². The van der Waals surface area contributed by atoms with Crippen LogP contribution >= 0.6 is 0 Å². The van der Waals surface area contributed by atoms with Gasteiger partial charge in [-0.1, -0.05) is 13.0 Å². The van der Waals surface area contributed by atoms with Crippen LogP contribution in [0.3, 0.4) is 0 Å². The Labute approximate surface area is 136 Å². The van der Waals surface area contributed by atoms with Crippen LogP contribution in [0.25, 0.3) is 0 Å². The molecule has 0 fully saturated rings. The van der Waals surface area contributed by atoms with Gasteiger partial charge in [-0.3, -0.25) is 14.6 Å². The molecule has 0 amide bonds. The number of aliphatic hydroxyl groups excluding tert-OH is 1. The predicted octanol–water partition coefficient (Wildman–Crippen LogP) is 2.32. The highest BCUT2D eigenvalue weighted by Crippen LogP contribution is 2.18. The second-order valence-corrected chi connectivity index (χ2v) is 5.31. The molecule has 0 aromatic carbocycles. The lowest BCUT2D eigenvalue weighted by molar-refractivity contribution is -0.150. The number of ketones is 1. The van der Waals surface area contributed by atoms with Crippen LogP contribution in [0.2, 0.25) is 0 Å². The van der Waals surface area contributed by atoms with Crippen molar-refractivity contribution in [2.24, 2.45) is 5.92 Å². The van der Waals surface area contributed by atoms with Crippen molar-refractivity contribution in [3.05, 3.63) is 29.6 Å². The fourth-order valence-corrected chi connectivity index (χ4v) is 2.29. The zero-order valence-corrected chi connectivity index (χ0v) is 13.8. The largest absolute Gasteiger partial charge is 0.466 e. The Morgan fingerprint density at radius 3 is 2.65 bits per heavy atom. The Hall–Kier alpha value is -2.08. The number of hydrogen-bond acceptors (Lipinski definition) is 6. The molecule has 6 heteroatoms. The van der Waals surface area contributed by atoms with Crippen LogP contribution in [0, 0.1) is 18.3 Å². The molecule has 2 unspecified atom stereocenters. The maximum Gasteiger partial charge on any atom is 0.311 e. The number of ether oxygens (including phenoxy) is 1. The molecule has 1 aromatic rings. The Kier molecular flexibility index (Phi) is 7.54. The van der Waals surface area contributed by atoms with Crippen LogP contribution in [-0.2, 0) is 9.53 Å². The van der Waals surface area contributed by atoms with E-state index in [9.17, 15) is 14.7 Å². The second kappa shape index (κ2) is 9.15. The molecule has 126 valence electrons. The third-order valence-electron chi connectivity index (χ3n) is 3.66. The van der Waals surface area contributed by atoms with Crippen molar-refractivity contribution >= 4 is 17.5 Å². The van der Waals surface area contributed by atoms with Crippen molar-refractivity contribution in [1.82, 2.24) is 4.98 Å². The zero-order chi connectivity index (χ0) is 17.4. The maximum absolute atomic E-state index is 12.3. The minimum Gasteiger partial charge on any atom is -0.466 e. The van der Waals surface area contributed by atoms with Crippen LogP contribution in [0.15, 0.2) is 18.3 Å². The van der Waals surface area contributed by atoms with Gasteiger partial charge in [0.15, 0.2) is 5.78 Å². The highest BCUT2D eigenvalue weighted by molar-refractivity contribution is 5.96. The Balaban J connectivity index is 2.81. The predicted molar refractivity (Wildman–Crippen MR) is 86.7 cm³/mol. The molecule has 0 saturated carbocycles. The summed E-state index contributed by atoms with van der Waals surface area (Å²) in [5.41, 5.74) is 1.20. The van der Waals surface area contributed by atoms with Gasteiger partial charge in [-0.25, -0.2) is 0 Å². The van der Waals surface area contributed by atoms with Crippen LogP contribution in [0.1, 0.15) is 49.2 Å². The number of nitrogens with one attached hydrogen (secondary N) is 1. The van der Waals surface area contributed by atoms with Crippen molar-refractivity contribution in [3.63, 3.8) is 0 Å². The van der Waals surface area contributed by atoms with E-state index in [1.807, 2.05) is 0 Å². The van der Waals surface area contributed by atoms with E-state index in [1.54, 1.807) is 39.1 Å². The zero-order valence-electron chi connectivity index (χ0n) is 13.8. The average molecular weight is 320 g/mol. The summed E-state index contributed by atoms with van der Waals surface area (Å²) in [5, 5.41) is 17.9. The molecule has 0 spiro atoms. The van der Waals surface area contributed by atoms with E-state index < -0.39 is 18.0 Å². The first-order valence-electron chi connectivity index (χ1n) is 7.79. The number of Topliss-reactive ketones (excluding diaryl/α,β-unsaturated/α-hetero) is 1. The number of carbonyl (C=O) groups excluding carboxylic acids is 2. The lowest BCUT2D eigenvalue weighted by Crippen LogP contribution is -2.36. The Bertz CT molecular complexity index is 571. The number of rotatable bonds is 9. The molecule has 1 aromatic heterocycles. The Morgan fingerprint density at radius 2 is 2.09 bits per heavy atom. The minimum absolute atomic E-state index is 0.0597. The number of aryl methyl sites for hydroxylation is 1. The summed E-state index contributed by atoms with van der Waals surface area (Å²) in [7, 11) is 0. The van der Waals surface area contributed by atoms with Gasteiger partial charge in [0.1, 0.15) is 11.8 Å². The first-order chi connectivity index (χ1) is 10.9. The number of aromatic nitrogens is 1. The van der Waals surface area contributed by atoms with E-state index in [0.29, 0.717) is 12.1 Å². The van der Waals surface area contributed by atoms with Gasteiger partial charge >= 0.3 is 5.97 Å². The van der Waals surface area contributed by atoms with E-state index in [0.717, 1.165) is 5.56 Å². The third kappa shape index (κ3) is 5.25. The standard InChI is InChI=1S/C17H24N2O4/c1-4-13(18)16(21)12(17(22)23-5-2)8-9-14(20)15-11(3)7-6-10-19-15/h6-7,10,12,16,18,21H,4-5,8-9H2,1-3H3. The van der Waals surface area contributed by atoms with Crippen molar-refractivity contribution < 1.29 is 19.4 Å². The average Bonchev–Trinajstić information content (AvgIpc) is 2.54. The van der Waals surface area contributed by atoms with Gasteiger partial charge in [0.2, 0.25) is 0 Å². The summed E-state index contributed by atoms with van der Waals surface area (Å²) in [6.07, 6.45) is 0.846. The molecule has 0 aliphatic rings. The first-order valence-corrected chi connectivity index (χ1v) is 7.79. The SMILES string of the molecule is CCOC(=O)C(CCC(=O)c1ncccc1C)C(O)C(=N)CC. The number of carbonyl (C=O) groups is 2. The molecule has 1 heterocycles. The number of aliphatic hydroxyl groups is 1. The van der Waals surface area contributed by atoms with Gasteiger partial charge < -0.3 is 15.3 Å². The van der Waals surface area contributed by atoms with Gasteiger partial charge in [0.05, 0.1) is 12.5 Å². The molecule has 0 aliphatic carbocycles. The smallest absolute Gasteiger partial charge is 0.311 e. The van der Waals surface area contributed by atoms with Gasteiger partial charge in [0, 0.05) is 18.3 Å². The van der Waals surface area contributed by atoms with E-state index in [4.69, 9.17) is 10.1 Å². The molecule has 0 radical (unpaired) electrons. The highest BCUT2D eigenvalue weighted by Gasteiger charge is 2.31. The topological polar surface area (TPSA) is 100 Å². The number of nitrogens with zero attached hydrogens (tertiary/aromatic N) is 1. The van der Waals surface area contributed by atoms with Crippen molar-refractivity contribution in [2.45, 2.75) is 46.1 Å². The number of pyridine rings is 1. The van der Waals surface area contributed by atoms with Crippen molar-refractivity contribution in [2.75, 3.05) is 6.61 Å². The second-order valence-electron chi connectivity index (χ2n) is 5.31. The lowest BCUT2D eigenvalue weighted by Gasteiger charge is -2.21. The summed E-state index contributed by atoms with van der Waals surface area (Å²) in [6, 6.07) is 3.55. The van der Waals surface area contributed by atoms with E-state index >= 15 is 0 Å². The van der Waals surface area contributed by atoms with Crippen LogP contribution in [0.4, 0.5) is 0 Å². The van der Waals surface area contributed by atoms with Crippen molar-refractivity contribution in [3.8, 4) is 0 Å². The van der Waals surface area contributed by atoms with Gasteiger partial charge in [0.25, 0.3) is 0 Å². The van der Waals surface area contributed by atoms with Crippen molar-refractivity contribution in [1.29, 1.82) is 5.41 Å². The molecular formula is C17H24N2O4. The molecule has 1 rings (SSSR count). The van der Waals surface area contributed by atoms with E-state index in [1.165, 1.54) is 0 Å². The lowest BCUT2D eigenvalue weighted by atomic mass is 9.91. The summed E-state index contributed by atoms with van der Waals surface area (Å²) >= 11 is 0. The molecule has 0 bridgehead atoms.